The molecule has 0 aliphatic heterocycles. The van der Waals surface area contributed by atoms with Crippen LogP contribution in [0.15, 0.2) is 6.20 Å². The van der Waals surface area contributed by atoms with Gasteiger partial charge in [-0.25, -0.2) is 0 Å². The van der Waals surface area contributed by atoms with Crippen LogP contribution in [-0.2, 0) is 11.3 Å². The van der Waals surface area contributed by atoms with E-state index in [1.54, 1.807) is 13.3 Å². The number of ether oxygens (including phenoxy) is 1. The minimum Gasteiger partial charge on any atom is -0.383 e. The van der Waals surface area contributed by atoms with Crippen molar-refractivity contribution in [1.82, 2.24) is 20.2 Å². The summed E-state index contributed by atoms with van der Waals surface area (Å²) in [5, 5.41) is 10.5. The summed E-state index contributed by atoms with van der Waals surface area (Å²) in [4.78, 5) is 1.17. The maximum Gasteiger partial charge on any atom is 0.0666 e. The van der Waals surface area contributed by atoms with Crippen LogP contribution < -0.4 is 10.6 Å². The van der Waals surface area contributed by atoms with Gasteiger partial charge in [-0.3, -0.25) is 0 Å². The number of aromatic nitrogens is 2. The Morgan fingerprint density at radius 2 is 2.47 bits per heavy atom. The van der Waals surface area contributed by atoms with Gasteiger partial charge in [-0.2, -0.15) is 0 Å². The lowest BCUT2D eigenvalue weighted by Crippen LogP contribution is -2.36. The molecular formula is C9H18N4OS. The van der Waals surface area contributed by atoms with Crippen molar-refractivity contribution in [3.8, 4) is 0 Å². The Hall–Kier alpha value is -0.560. The van der Waals surface area contributed by atoms with Crippen molar-refractivity contribution in [3.63, 3.8) is 0 Å². The molecule has 86 valence electrons. The van der Waals surface area contributed by atoms with Gasteiger partial charge in [0.2, 0.25) is 0 Å². The summed E-state index contributed by atoms with van der Waals surface area (Å²) in [7, 11) is 1.71. The fraction of sp³-hybridized carbons (Fsp3) is 0.778. The largest absolute Gasteiger partial charge is 0.383 e. The molecule has 6 heteroatoms. The van der Waals surface area contributed by atoms with Gasteiger partial charge in [0, 0.05) is 32.8 Å². The summed E-state index contributed by atoms with van der Waals surface area (Å²) in [6.07, 6.45) is 1.79. The highest BCUT2D eigenvalue weighted by molar-refractivity contribution is 7.05. The zero-order chi connectivity index (χ0) is 10.9. The van der Waals surface area contributed by atoms with E-state index in [1.165, 1.54) is 16.4 Å². The van der Waals surface area contributed by atoms with Crippen molar-refractivity contribution in [2.75, 3.05) is 26.8 Å². The molecule has 0 amide bonds. The van der Waals surface area contributed by atoms with Gasteiger partial charge in [0.1, 0.15) is 0 Å². The second-order valence-corrected chi connectivity index (χ2v) is 4.23. The molecule has 0 saturated heterocycles. The number of hydrogen-bond donors (Lipinski definition) is 2. The molecule has 1 heterocycles. The van der Waals surface area contributed by atoms with Crippen molar-refractivity contribution in [2.45, 2.75) is 19.5 Å². The molecule has 0 aliphatic rings. The molecule has 0 spiro atoms. The normalized spacial score (nSPS) is 12.9. The second-order valence-electron chi connectivity index (χ2n) is 3.36. The van der Waals surface area contributed by atoms with Crippen molar-refractivity contribution in [2.24, 2.45) is 0 Å². The van der Waals surface area contributed by atoms with E-state index in [2.05, 4.69) is 27.1 Å². The summed E-state index contributed by atoms with van der Waals surface area (Å²) >= 11 is 1.43. The molecule has 1 aromatic heterocycles. The van der Waals surface area contributed by atoms with E-state index in [1.807, 2.05) is 0 Å². The molecule has 2 N–H and O–H groups in total. The molecule has 1 atom stereocenters. The smallest absolute Gasteiger partial charge is 0.0666 e. The average molecular weight is 230 g/mol. The van der Waals surface area contributed by atoms with Crippen LogP contribution in [0.1, 0.15) is 11.8 Å². The van der Waals surface area contributed by atoms with E-state index in [-0.39, 0.29) is 0 Å². The SMILES string of the molecule is COCCNCC(C)NCc1cnns1. The lowest BCUT2D eigenvalue weighted by atomic mass is 10.3. The third-order valence-corrected chi connectivity index (χ3v) is 2.63. The first-order chi connectivity index (χ1) is 7.33. The van der Waals surface area contributed by atoms with E-state index < -0.39 is 0 Å². The summed E-state index contributed by atoms with van der Waals surface area (Å²) in [6.45, 7) is 5.57. The summed E-state index contributed by atoms with van der Waals surface area (Å²) in [6, 6.07) is 0.434. The zero-order valence-corrected chi connectivity index (χ0v) is 10.0. The van der Waals surface area contributed by atoms with Crippen LogP contribution in [-0.4, -0.2) is 42.4 Å². The molecule has 5 nitrogen and oxygen atoms in total. The number of nitrogens with zero attached hydrogens (tertiary/aromatic N) is 2. The predicted octanol–water partition coefficient (Wildman–Crippen LogP) is 0.252. The highest BCUT2D eigenvalue weighted by Gasteiger charge is 2.01. The molecule has 0 saturated carbocycles. The Kier molecular flexibility index (Phi) is 6.42. The van der Waals surface area contributed by atoms with Crippen LogP contribution in [0, 0.1) is 0 Å². The van der Waals surface area contributed by atoms with Gasteiger partial charge in [-0.05, 0) is 18.5 Å². The molecule has 1 rings (SSSR count). The molecule has 0 aromatic carbocycles. The predicted molar refractivity (Wildman–Crippen MR) is 61.0 cm³/mol. The van der Waals surface area contributed by atoms with Gasteiger partial charge in [0.05, 0.1) is 17.7 Å². The van der Waals surface area contributed by atoms with Crippen molar-refractivity contribution in [1.29, 1.82) is 0 Å². The summed E-state index contributed by atoms with van der Waals surface area (Å²) in [5.41, 5.74) is 0. The van der Waals surface area contributed by atoms with Crippen LogP contribution in [0.25, 0.3) is 0 Å². The van der Waals surface area contributed by atoms with Gasteiger partial charge in [0.25, 0.3) is 0 Å². The lowest BCUT2D eigenvalue weighted by molar-refractivity contribution is 0.198. The van der Waals surface area contributed by atoms with E-state index in [9.17, 15) is 0 Å². The highest BCUT2D eigenvalue weighted by Crippen LogP contribution is 2.00. The van der Waals surface area contributed by atoms with Crippen LogP contribution in [0.5, 0.6) is 0 Å². The molecule has 15 heavy (non-hydrogen) atoms. The topological polar surface area (TPSA) is 59.1 Å². The molecule has 0 aliphatic carbocycles. The van der Waals surface area contributed by atoms with Crippen LogP contribution in [0.4, 0.5) is 0 Å². The second kappa shape index (κ2) is 7.70. The number of hydrogen-bond acceptors (Lipinski definition) is 6. The Bertz CT molecular complexity index is 242. The molecular weight excluding hydrogens is 212 g/mol. The summed E-state index contributed by atoms with van der Waals surface area (Å²) < 4.78 is 8.75. The van der Waals surface area contributed by atoms with Gasteiger partial charge >= 0.3 is 0 Å². The minimum atomic E-state index is 0.434. The average Bonchev–Trinajstić information content (AvgIpc) is 2.74. The Morgan fingerprint density at radius 1 is 1.60 bits per heavy atom. The first kappa shape index (κ1) is 12.5. The van der Waals surface area contributed by atoms with Gasteiger partial charge in [-0.1, -0.05) is 4.49 Å². The maximum atomic E-state index is 4.94. The standard InChI is InChI=1S/C9H18N4OS/c1-8(5-10-3-4-14-2)11-6-9-7-12-13-15-9/h7-8,10-11H,3-6H2,1-2H3. The highest BCUT2D eigenvalue weighted by atomic mass is 32.1. The number of rotatable bonds is 8. The molecule has 1 unspecified atom stereocenters. The molecule has 0 fully saturated rings. The van der Waals surface area contributed by atoms with Crippen LogP contribution >= 0.6 is 11.5 Å². The van der Waals surface area contributed by atoms with Crippen LogP contribution in [0.2, 0.25) is 0 Å². The molecule has 0 radical (unpaired) electrons. The fourth-order valence-corrected chi connectivity index (χ4v) is 1.55. The van der Waals surface area contributed by atoms with Crippen molar-refractivity contribution < 1.29 is 4.74 Å². The van der Waals surface area contributed by atoms with E-state index in [4.69, 9.17) is 4.74 Å². The Labute approximate surface area is 94.4 Å². The lowest BCUT2D eigenvalue weighted by Gasteiger charge is -2.13. The Balaban J connectivity index is 2.01. The first-order valence-electron chi connectivity index (χ1n) is 5.02. The van der Waals surface area contributed by atoms with Gasteiger partial charge in [0.15, 0.2) is 0 Å². The third-order valence-electron chi connectivity index (χ3n) is 1.97. The Morgan fingerprint density at radius 3 is 3.13 bits per heavy atom. The fourth-order valence-electron chi connectivity index (χ4n) is 1.11. The van der Waals surface area contributed by atoms with Crippen molar-refractivity contribution in [3.05, 3.63) is 11.1 Å². The minimum absolute atomic E-state index is 0.434. The zero-order valence-electron chi connectivity index (χ0n) is 9.19. The van der Waals surface area contributed by atoms with E-state index in [0.29, 0.717) is 6.04 Å². The first-order valence-corrected chi connectivity index (χ1v) is 5.79. The monoisotopic (exact) mass is 230 g/mol. The maximum absolute atomic E-state index is 4.94. The van der Waals surface area contributed by atoms with E-state index >= 15 is 0 Å². The van der Waals surface area contributed by atoms with Gasteiger partial charge in [-0.15, -0.1) is 5.10 Å². The molecule has 0 bridgehead atoms. The summed E-state index contributed by atoms with van der Waals surface area (Å²) in [5.74, 6) is 0. The van der Waals surface area contributed by atoms with Crippen molar-refractivity contribution >= 4 is 11.5 Å². The quantitative estimate of drug-likeness (QED) is 0.627. The van der Waals surface area contributed by atoms with Crippen LogP contribution in [0.3, 0.4) is 0 Å². The van der Waals surface area contributed by atoms with E-state index in [0.717, 1.165) is 26.2 Å². The number of methoxy groups -OCH3 is 1. The molecule has 1 aromatic rings. The van der Waals surface area contributed by atoms with Gasteiger partial charge < -0.3 is 15.4 Å². The number of nitrogens with one attached hydrogen (secondary N) is 2. The third kappa shape index (κ3) is 5.78.